The second-order valence-corrected chi connectivity index (χ2v) is 4.51. The molecule has 0 unspecified atom stereocenters. The SMILES string of the molecule is CC(C)c1nc(C#N)c(NN=C[C@@H]2CCOC2)o1. The molecule has 1 fully saturated rings. The van der Waals surface area contributed by atoms with Crippen LogP contribution >= 0.6 is 0 Å². The second-order valence-electron chi connectivity index (χ2n) is 4.51. The van der Waals surface area contributed by atoms with Crippen LogP contribution in [0.4, 0.5) is 5.88 Å². The first kappa shape index (κ1) is 12.6. The summed E-state index contributed by atoms with van der Waals surface area (Å²) < 4.78 is 10.7. The highest BCUT2D eigenvalue weighted by molar-refractivity contribution is 5.62. The Morgan fingerprint density at radius 1 is 1.61 bits per heavy atom. The van der Waals surface area contributed by atoms with Crippen molar-refractivity contribution in [2.45, 2.75) is 26.2 Å². The van der Waals surface area contributed by atoms with E-state index in [2.05, 4.69) is 15.5 Å². The molecular weight excluding hydrogens is 232 g/mol. The zero-order valence-corrected chi connectivity index (χ0v) is 10.5. The van der Waals surface area contributed by atoms with Crippen molar-refractivity contribution in [3.63, 3.8) is 0 Å². The maximum absolute atomic E-state index is 8.94. The average molecular weight is 248 g/mol. The molecule has 6 heteroatoms. The molecule has 1 aromatic heterocycles. The number of hydrogen-bond donors (Lipinski definition) is 1. The average Bonchev–Trinajstić information content (AvgIpc) is 2.97. The molecule has 96 valence electrons. The predicted octanol–water partition coefficient (Wildman–Crippen LogP) is 2.10. The number of hydrazone groups is 1. The van der Waals surface area contributed by atoms with Crippen molar-refractivity contribution >= 4 is 12.1 Å². The second kappa shape index (κ2) is 5.65. The third kappa shape index (κ3) is 2.87. The number of oxazole rings is 1. The van der Waals surface area contributed by atoms with Crippen molar-refractivity contribution < 1.29 is 9.15 Å². The summed E-state index contributed by atoms with van der Waals surface area (Å²) in [7, 11) is 0. The zero-order chi connectivity index (χ0) is 13.0. The summed E-state index contributed by atoms with van der Waals surface area (Å²) in [6, 6.07) is 1.98. The molecule has 2 rings (SSSR count). The molecule has 0 radical (unpaired) electrons. The van der Waals surface area contributed by atoms with E-state index in [0.717, 1.165) is 13.0 Å². The van der Waals surface area contributed by atoms with Crippen molar-refractivity contribution in [3.05, 3.63) is 11.6 Å². The van der Waals surface area contributed by atoms with Gasteiger partial charge in [0.05, 0.1) is 6.61 Å². The number of rotatable bonds is 4. The van der Waals surface area contributed by atoms with Gasteiger partial charge in [0.25, 0.3) is 5.88 Å². The molecule has 0 aliphatic carbocycles. The van der Waals surface area contributed by atoms with Crippen LogP contribution < -0.4 is 5.43 Å². The monoisotopic (exact) mass is 248 g/mol. The van der Waals surface area contributed by atoms with Crippen LogP contribution in [0.5, 0.6) is 0 Å². The normalized spacial score (nSPS) is 19.6. The van der Waals surface area contributed by atoms with Gasteiger partial charge in [0.1, 0.15) is 6.07 Å². The number of nitrogens with one attached hydrogen (secondary N) is 1. The number of hydrogen-bond acceptors (Lipinski definition) is 6. The van der Waals surface area contributed by atoms with Crippen LogP contribution in [0.3, 0.4) is 0 Å². The molecular formula is C12H16N4O2. The van der Waals surface area contributed by atoms with Crippen LogP contribution in [0.1, 0.15) is 37.8 Å². The zero-order valence-electron chi connectivity index (χ0n) is 10.5. The maximum atomic E-state index is 8.94. The van der Waals surface area contributed by atoms with Crippen LogP contribution in [-0.2, 0) is 4.74 Å². The van der Waals surface area contributed by atoms with Gasteiger partial charge in [-0.25, -0.2) is 10.4 Å². The smallest absolute Gasteiger partial charge is 0.252 e. The molecule has 2 heterocycles. The number of anilines is 1. The molecule has 0 bridgehead atoms. The van der Waals surface area contributed by atoms with Gasteiger partial charge in [-0.1, -0.05) is 13.8 Å². The van der Waals surface area contributed by atoms with Gasteiger partial charge in [-0.2, -0.15) is 10.4 Å². The highest BCUT2D eigenvalue weighted by atomic mass is 16.5. The lowest BCUT2D eigenvalue weighted by molar-refractivity contribution is 0.193. The third-order valence-electron chi connectivity index (χ3n) is 2.66. The quantitative estimate of drug-likeness (QED) is 0.651. The first-order valence-electron chi connectivity index (χ1n) is 5.98. The molecule has 1 saturated heterocycles. The van der Waals surface area contributed by atoms with E-state index in [1.807, 2.05) is 19.9 Å². The predicted molar refractivity (Wildman–Crippen MR) is 66.3 cm³/mol. The summed E-state index contributed by atoms with van der Waals surface area (Å²) in [5.41, 5.74) is 2.96. The summed E-state index contributed by atoms with van der Waals surface area (Å²) >= 11 is 0. The van der Waals surface area contributed by atoms with Crippen LogP contribution in [0, 0.1) is 17.2 Å². The first-order valence-corrected chi connectivity index (χ1v) is 5.98. The maximum Gasteiger partial charge on any atom is 0.252 e. The van der Waals surface area contributed by atoms with Gasteiger partial charge in [-0.15, -0.1) is 0 Å². The van der Waals surface area contributed by atoms with Gasteiger partial charge < -0.3 is 9.15 Å². The molecule has 1 N–H and O–H groups in total. The largest absolute Gasteiger partial charge is 0.422 e. The van der Waals surface area contributed by atoms with Gasteiger partial charge in [-0.3, -0.25) is 0 Å². The third-order valence-corrected chi connectivity index (χ3v) is 2.66. The van der Waals surface area contributed by atoms with Gasteiger partial charge in [-0.05, 0) is 6.42 Å². The van der Waals surface area contributed by atoms with Crippen molar-refractivity contribution in [2.75, 3.05) is 18.6 Å². The lowest BCUT2D eigenvalue weighted by Crippen LogP contribution is -2.02. The van der Waals surface area contributed by atoms with E-state index >= 15 is 0 Å². The van der Waals surface area contributed by atoms with Crippen molar-refractivity contribution in [1.82, 2.24) is 4.98 Å². The number of nitriles is 1. The molecule has 6 nitrogen and oxygen atoms in total. The van der Waals surface area contributed by atoms with Crippen molar-refractivity contribution in [1.29, 1.82) is 5.26 Å². The molecule has 1 atom stereocenters. The number of nitrogens with zero attached hydrogens (tertiary/aromatic N) is 3. The van der Waals surface area contributed by atoms with E-state index in [1.165, 1.54) is 0 Å². The van der Waals surface area contributed by atoms with Crippen molar-refractivity contribution in [2.24, 2.45) is 11.0 Å². The minimum atomic E-state index is 0.139. The molecule has 1 aromatic rings. The van der Waals surface area contributed by atoms with Gasteiger partial charge >= 0.3 is 0 Å². The Balaban J connectivity index is 2.01. The van der Waals surface area contributed by atoms with E-state index in [0.29, 0.717) is 24.3 Å². The highest BCUT2D eigenvalue weighted by Gasteiger charge is 2.16. The van der Waals surface area contributed by atoms with E-state index in [1.54, 1.807) is 6.21 Å². The summed E-state index contributed by atoms with van der Waals surface area (Å²) in [6.07, 6.45) is 2.76. The lowest BCUT2D eigenvalue weighted by atomic mass is 10.1. The fraction of sp³-hybridized carbons (Fsp3) is 0.583. The van der Waals surface area contributed by atoms with E-state index in [4.69, 9.17) is 14.4 Å². The Morgan fingerprint density at radius 3 is 3.06 bits per heavy atom. The summed E-state index contributed by atoms with van der Waals surface area (Å²) in [6.45, 7) is 5.38. The van der Waals surface area contributed by atoms with Crippen LogP contribution in [-0.4, -0.2) is 24.4 Å². The van der Waals surface area contributed by atoms with E-state index in [-0.39, 0.29) is 11.6 Å². The minimum absolute atomic E-state index is 0.139. The Labute approximate surface area is 106 Å². The molecule has 0 aromatic carbocycles. The molecule has 0 saturated carbocycles. The summed E-state index contributed by atoms with van der Waals surface area (Å²) in [5, 5.41) is 13.0. The van der Waals surface area contributed by atoms with Crippen LogP contribution in [0.25, 0.3) is 0 Å². The Kier molecular flexibility index (Phi) is 3.95. The van der Waals surface area contributed by atoms with Crippen LogP contribution in [0.15, 0.2) is 9.52 Å². The molecule has 18 heavy (non-hydrogen) atoms. The van der Waals surface area contributed by atoms with Crippen LogP contribution in [0.2, 0.25) is 0 Å². The van der Waals surface area contributed by atoms with Gasteiger partial charge in [0.15, 0.2) is 0 Å². The molecule has 1 aliphatic rings. The minimum Gasteiger partial charge on any atom is -0.422 e. The fourth-order valence-corrected chi connectivity index (χ4v) is 1.61. The van der Waals surface area contributed by atoms with Crippen molar-refractivity contribution in [3.8, 4) is 6.07 Å². The Morgan fingerprint density at radius 2 is 2.44 bits per heavy atom. The van der Waals surface area contributed by atoms with E-state index in [9.17, 15) is 0 Å². The summed E-state index contributed by atoms with van der Waals surface area (Å²) in [4.78, 5) is 4.09. The highest BCUT2D eigenvalue weighted by Crippen LogP contribution is 2.22. The summed E-state index contributed by atoms with van der Waals surface area (Å²) in [5.74, 6) is 1.31. The standard InChI is InChI=1S/C12H16N4O2/c1-8(2)11-15-10(5-13)12(18-11)16-14-6-9-3-4-17-7-9/h6,8-9,16H,3-4,7H2,1-2H3/t9-/m0/s1. The molecule has 0 amide bonds. The Hall–Kier alpha value is -1.87. The fourth-order valence-electron chi connectivity index (χ4n) is 1.61. The topological polar surface area (TPSA) is 83.4 Å². The molecule has 0 spiro atoms. The van der Waals surface area contributed by atoms with Gasteiger partial charge in [0.2, 0.25) is 11.6 Å². The first-order chi connectivity index (χ1) is 8.70. The Bertz CT molecular complexity index is 467. The lowest BCUT2D eigenvalue weighted by Gasteiger charge is -1.99. The van der Waals surface area contributed by atoms with E-state index < -0.39 is 0 Å². The van der Waals surface area contributed by atoms with Gasteiger partial charge in [0, 0.05) is 24.7 Å². The number of aromatic nitrogens is 1. The number of ether oxygens (including phenoxy) is 1. The molecule has 1 aliphatic heterocycles.